The highest BCUT2D eigenvalue weighted by molar-refractivity contribution is 5.95. The monoisotopic (exact) mass is 295 g/mol. The molecule has 0 radical (unpaired) electrons. The molecule has 3 aromatic rings. The predicted octanol–water partition coefficient (Wildman–Crippen LogP) is 3.18. The second-order valence-electron chi connectivity index (χ2n) is 5.12. The van der Waals surface area contributed by atoms with Crippen LogP contribution in [0.5, 0.6) is 0 Å². The molecule has 0 spiro atoms. The van der Waals surface area contributed by atoms with Crippen LogP contribution in [0.2, 0.25) is 0 Å². The smallest absolute Gasteiger partial charge is 0.241 e. The summed E-state index contributed by atoms with van der Waals surface area (Å²) in [4.78, 5) is 18.2. The molecule has 1 aromatic carbocycles. The molecule has 0 aliphatic carbocycles. The van der Waals surface area contributed by atoms with Gasteiger partial charge in [0.1, 0.15) is 11.5 Å². The number of nitrogens with zero attached hydrogens (tertiary/aromatic N) is 1. The van der Waals surface area contributed by atoms with Crippen molar-refractivity contribution in [2.45, 2.75) is 6.92 Å². The van der Waals surface area contributed by atoms with Gasteiger partial charge >= 0.3 is 0 Å². The number of amides is 1. The number of pyridine rings is 1. The quantitative estimate of drug-likeness (QED) is 0.728. The maximum absolute atomic E-state index is 13.6. The van der Waals surface area contributed by atoms with Crippen LogP contribution in [0.4, 0.5) is 4.39 Å². The van der Waals surface area contributed by atoms with E-state index in [0.717, 1.165) is 27.6 Å². The first-order chi connectivity index (χ1) is 10.5. The number of aromatic amines is 1. The van der Waals surface area contributed by atoms with Crippen LogP contribution in [-0.2, 0) is 4.79 Å². The average molecular weight is 295 g/mol. The number of aryl methyl sites for hydroxylation is 1. The summed E-state index contributed by atoms with van der Waals surface area (Å²) in [5, 5.41) is 0.844. The molecular weight excluding hydrogens is 281 g/mol. The van der Waals surface area contributed by atoms with Gasteiger partial charge in [-0.2, -0.15) is 0 Å². The van der Waals surface area contributed by atoms with Gasteiger partial charge in [-0.3, -0.25) is 4.79 Å². The molecule has 0 bridgehead atoms. The number of hydrogen-bond donors (Lipinski definition) is 2. The Morgan fingerprint density at radius 3 is 2.82 bits per heavy atom. The Hall–Kier alpha value is -2.95. The lowest BCUT2D eigenvalue weighted by molar-refractivity contribution is -0.113. The third-order valence-corrected chi connectivity index (χ3v) is 3.37. The number of aromatic nitrogens is 2. The fraction of sp³-hybridized carbons (Fsp3) is 0.0588. The number of halogens is 1. The summed E-state index contributed by atoms with van der Waals surface area (Å²) in [6.07, 6.45) is 6.36. The summed E-state index contributed by atoms with van der Waals surface area (Å²) in [6.45, 7) is 1.84. The summed E-state index contributed by atoms with van der Waals surface area (Å²) in [6, 6.07) is 6.76. The minimum absolute atomic E-state index is 0.280. The molecule has 2 aromatic heterocycles. The Kier molecular flexibility index (Phi) is 3.47. The van der Waals surface area contributed by atoms with E-state index in [-0.39, 0.29) is 5.82 Å². The molecule has 0 fully saturated rings. The zero-order chi connectivity index (χ0) is 15.7. The second kappa shape index (κ2) is 5.44. The number of fused-ring (bicyclic) bond motifs is 1. The highest BCUT2D eigenvalue weighted by Crippen LogP contribution is 2.26. The Balaban J connectivity index is 2.12. The number of rotatable bonds is 3. The minimum Gasteiger partial charge on any atom is -0.366 e. The lowest BCUT2D eigenvalue weighted by Crippen LogP contribution is -2.04. The summed E-state index contributed by atoms with van der Waals surface area (Å²) >= 11 is 0. The van der Waals surface area contributed by atoms with Crippen molar-refractivity contribution < 1.29 is 9.18 Å². The molecule has 22 heavy (non-hydrogen) atoms. The molecule has 3 N–H and O–H groups in total. The van der Waals surface area contributed by atoms with Crippen molar-refractivity contribution >= 4 is 23.0 Å². The van der Waals surface area contributed by atoms with Crippen LogP contribution in [0.3, 0.4) is 0 Å². The van der Waals surface area contributed by atoms with E-state index in [2.05, 4.69) is 9.97 Å². The summed E-state index contributed by atoms with van der Waals surface area (Å²) in [5.41, 5.74) is 9.03. The number of benzene rings is 1. The van der Waals surface area contributed by atoms with Crippen LogP contribution in [-0.4, -0.2) is 15.9 Å². The molecule has 0 saturated heterocycles. The number of carbonyl (C=O) groups excluding carboxylic acids is 1. The van der Waals surface area contributed by atoms with Crippen LogP contribution in [0.25, 0.3) is 28.2 Å². The molecule has 0 unspecified atom stereocenters. The van der Waals surface area contributed by atoms with Crippen LogP contribution in [0, 0.1) is 12.7 Å². The SMILES string of the molecule is Cc1cc(F)cc(-c2cnc3[nH]cc(/C=C/C(N)=O)c3c2)c1. The normalized spacial score (nSPS) is 11.4. The molecule has 0 saturated carbocycles. The van der Waals surface area contributed by atoms with Gasteiger partial charge in [-0.05, 0) is 42.3 Å². The van der Waals surface area contributed by atoms with Gasteiger partial charge in [-0.25, -0.2) is 9.37 Å². The van der Waals surface area contributed by atoms with Gasteiger partial charge in [0, 0.05) is 35.0 Å². The van der Waals surface area contributed by atoms with E-state index in [4.69, 9.17) is 5.73 Å². The number of carbonyl (C=O) groups is 1. The van der Waals surface area contributed by atoms with Crippen molar-refractivity contribution in [1.29, 1.82) is 0 Å². The van der Waals surface area contributed by atoms with Gasteiger partial charge in [0.05, 0.1) is 0 Å². The topological polar surface area (TPSA) is 71.8 Å². The van der Waals surface area contributed by atoms with Crippen LogP contribution < -0.4 is 5.73 Å². The maximum atomic E-state index is 13.6. The third-order valence-electron chi connectivity index (χ3n) is 3.37. The van der Waals surface area contributed by atoms with Gasteiger partial charge in [0.15, 0.2) is 0 Å². The molecule has 0 aliphatic rings. The first-order valence-corrected chi connectivity index (χ1v) is 6.75. The first-order valence-electron chi connectivity index (χ1n) is 6.75. The first kappa shape index (κ1) is 14.0. The molecule has 3 rings (SSSR count). The lowest BCUT2D eigenvalue weighted by atomic mass is 10.0. The fourth-order valence-corrected chi connectivity index (χ4v) is 2.39. The summed E-state index contributed by atoms with van der Waals surface area (Å²) in [7, 11) is 0. The van der Waals surface area contributed by atoms with Crippen molar-refractivity contribution in [1.82, 2.24) is 9.97 Å². The zero-order valence-corrected chi connectivity index (χ0v) is 11.9. The van der Waals surface area contributed by atoms with Crippen molar-refractivity contribution in [3.63, 3.8) is 0 Å². The van der Waals surface area contributed by atoms with Crippen molar-refractivity contribution in [3.8, 4) is 11.1 Å². The number of hydrogen-bond acceptors (Lipinski definition) is 2. The Labute approximate surface area is 126 Å². The van der Waals surface area contributed by atoms with Gasteiger partial charge in [-0.15, -0.1) is 0 Å². The molecule has 110 valence electrons. The van der Waals surface area contributed by atoms with Crippen LogP contribution >= 0.6 is 0 Å². The van der Waals surface area contributed by atoms with E-state index in [9.17, 15) is 9.18 Å². The number of nitrogens with two attached hydrogens (primary N) is 1. The maximum Gasteiger partial charge on any atom is 0.241 e. The summed E-state index contributed by atoms with van der Waals surface area (Å²) in [5.74, 6) is -0.794. The molecule has 4 nitrogen and oxygen atoms in total. The number of H-pyrrole nitrogens is 1. The molecule has 1 amide bonds. The highest BCUT2D eigenvalue weighted by atomic mass is 19.1. The van der Waals surface area contributed by atoms with E-state index in [1.54, 1.807) is 18.5 Å². The van der Waals surface area contributed by atoms with E-state index >= 15 is 0 Å². The van der Waals surface area contributed by atoms with E-state index in [1.165, 1.54) is 18.2 Å². The largest absolute Gasteiger partial charge is 0.366 e. The predicted molar refractivity (Wildman–Crippen MR) is 84.5 cm³/mol. The van der Waals surface area contributed by atoms with E-state index in [0.29, 0.717) is 5.65 Å². The Morgan fingerprint density at radius 2 is 2.09 bits per heavy atom. The summed E-state index contributed by atoms with van der Waals surface area (Å²) < 4.78 is 13.6. The lowest BCUT2D eigenvalue weighted by Gasteiger charge is -2.04. The van der Waals surface area contributed by atoms with Gasteiger partial charge in [-0.1, -0.05) is 6.07 Å². The van der Waals surface area contributed by atoms with Gasteiger partial charge in [0.2, 0.25) is 5.91 Å². The van der Waals surface area contributed by atoms with Gasteiger partial charge in [0.25, 0.3) is 0 Å². The minimum atomic E-state index is -0.515. The third kappa shape index (κ3) is 2.74. The number of primary amides is 1. The van der Waals surface area contributed by atoms with E-state index in [1.807, 2.05) is 19.1 Å². The number of nitrogens with one attached hydrogen (secondary N) is 1. The second-order valence-corrected chi connectivity index (χ2v) is 5.12. The molecule has 0 aliphatic heterocycles. The standard InChI is InChI=1S/C17H14FN3O/c1-10-4-12(6-14(18)5-10)13-7-15-11(2-3-16(19)22)8-20-17(15)21-9-13/h2-9H,1H3,(H2,19,22)(H,20,21)/b3-2+. The molecular formula is C17H14FN3O. The van der Waals surface area contributed by atoms with Crippen molar-refractivity contribution in [3.05, 3.63) is 59.7 Å². The molecule has 2 heterocycles. The Morgan fingerprint density at radius 1 is 1.27 bits per heavy atom. The Bertz CT molecular complexity index is 876. The highest BCUT2D eigenvalue weighted by Gasteiger charge is 2.07. The average Bonchev–Trinajstić information content (AvgIpc) is 2.86. The van der Waals surface area contributed by atoms with Gasteiger partial charge < -0.3 is 10.7 Å². The van der Waals surface area contributed by atoms with Crippen LogP contribution in [0.1, 0.15) is 11.1 Å². The fourth-order valence-electron chi connectivity index (χ4n) is 2.39. The van der Waals surface area contributed by atoms with Crippen molar-refractivity contribution in [2.24, 2.45) is 5.73 Å². The zero-order valence-electron chi connectivity index (χ0n) is 11.9. The van der Waals surface area contributed by atoms with Crippen LogP contribution in [0.15, 0.2) is 42.7 Å². The molecule has 5 heteroatoms. The molecule has 0 atom stereocenters. The van der Waals surface area contributed by atoms with E-state index < -0.39 is 5.91 Å². The van der Waals surface area contributed by atoms with Crippen molar-refractivity contribution in [2.75, 3.05) is 0 Å².